The maximum Gasteiger partial charge on any atom is 0.119 e. The molecule has 0 fully saturated rings. The minimum absolute atomic E-state index is 0.862. The van der Waals surface area contributed by atoms with Gasteiger partial charge in [0.15, 0.2) is 0 Å². The van der Waals surface area contributed by atoms with E-state index in [1.807, 2.05) is 18.3 Å². The summed E-state index contributed by atoms with van der Waals surface area (Å²) < 4.78 is 10.8. The maximum atomic E-state index is 5.41. The van der Waals surface area contributed by atoms with E-state index in [0.29, 0.717) is 0 Å². The van der Waals surface area contributed by atoms with Crippen LogP contribution in [0, 0.1) is 13.8 Å². The summed E-state index contributed by atoms with van der Waals surface area (Å²) in [6, 6.07) is 10.2. The Morgan fingerprint density at radius 2 is 1.62 bits per heavy atom. The van der Waals surface area contributed by atoms with Gasteiger partial charge in [0.2, 0.25) is 0 Å². The molecule has 0 saturated carbocycles. The molecule has 3 heteroatoms. The SMILES string of the molecule is COc1cc(C)c(C)c(-c2c[nH]c3ccc(OC)cc23)c1. The molecule has 0 bridgehead atoms. The van der Waals surface area contributed by atoms with Crippen LogP contribution >= 0.6 is 0 Å². The molecule has 1 aromatic heterocycles. The Bertz CT molecular complexity index is 802. The van der Waals surface area contributed by atoms with Crippen LogP contribution in [0.15, 0.2) is 36.5 Å². The second-order valence-corrected chi connectivity index (χ2v) is 5.23. The van der Waals surface area contributed by atoms with Crippen LogP contribution in [0.1, 0.15) is 11.1 Å². The Morgan fingerprint density at radius 3 is 2.33 bits per heavy atom. The third-order valence-electron chi connectivity index (χ3n) is 4.06. The van der Waals surface area contributed by atoms with Crippen molar-refractivity contribution in [2.24, 2.45) is 0 Å². The quantitative estimate of drug-likeness (QED) is 0.768. The van der Waals surface area contributed by atoms with Crippen LogP contribution in [0.2, 0.25) is 0 Å². The Hall–Kier alpha value is -2.42. The molecule has 1 heterocycles. The molecule has 0 aliphatic rings. The largest absolute Gasteiger partial charge is 0.497 e. The molecule has 108 valence electrons. The van der Waals surface area contributed by atoms with Gasteiger partial charge in [-0.15, -0.1) is 0 Å². The van der Waals surface area contributed by atoms with Gasteiger partial charge in [0.1, 0.15) is 11.5 Å². The van der Waals surface area contributed by atoms with E-state index in [4.69, 9.17) is 9.47 Å². The van der Waals surface area contributed by atoms with Crippen LogP contribution < -0.4 is 9.47 Å². The van der Waals surface area contributed by atoms with Gasteiger partial charge in [-0.2, -0.15) is 0 Å². The molecule has 3 aromatic rings. The van der Waals surface area contributed by atoms with Crippen LogP contribution in [-0.4, -0.2) is 19.2 Å². The highest BCUT2D eigenvalue weighted by Gasteiger charge is 2.12. The number of nitrogens with one attached hydrogen (secondary N) is 1. The fraction of sp³-hybridized carbons (Fsp3) is 0.222. The molecule has 0 aliphatic heterocycles. The van der Waals surface area contributed by atoms with Crippen molar-refractivity contribution in [3.05, 3.63) is 47.7 Å². The molecular formula is C18H19NO2. The van der Waals surface area contributed by atoms with Gasteiger partial charge in [0.25, 0.3) is 0 Å². The van der Waals surface area contributed by atoms with Crippen LogP contribution in [0.3, 0.4) is 0 Å². The number of hydrogen-bond acceptors (Lipinski definition) is 2. The third-order valence-corrected chi connectivity index (χ3v) is 4.06. The predicted molar refractivity (Wildman–Crippen MR) is 86.3 cm³/mol. The zero-order chi connectivity index (χ0) is 15.0. The molecule has 0 atom stereocenters. The van der Waals surface area contributed by atoms with Gasteiger partial charge in [-0.3, -0.25) is 0 Å². The smallest absolute Gasteiger partial charge is 0.119 e. The summed E-state index contributed by atoms with van der Waals surface area (Å²) in [6.07, 6.45) is 2.05. The van der Waals surface area contributed by atoms with E-state index in [9.17, 15) is 0 Å². The van der Waals surface area contributed by atoms with E-state index in [2.05, 4.69) is 37.0 Å². The van der Waals surface area contributed by atoms with Crippen LogP contribution in [0.4, 0.5) is 0 Å². The van der Waals surface area contributed by atoms with Crippen LogP contribution in [0.25, 0.3) is 22.0 Å². The average molecular weight is 281 g/mol. The number of rotatable bonds is 3. The number of H-pyrrole nitrogens is 1. The Kier molecular flexibility index (Phi) is 3.34. The van der Waals surface area contributed by atoms with Crippen molar-refractivity contribution in [1.82, 2.24) is 4.98 Å². The van der Waals surface area contributed by atoms with Gasteiger partial charge in [-0.25, -0.2) is 0 Å². The summed E-state index contributed by atoms with van der Waals surface area (Å²) in [5.41, 5.74) is 5.95. The lowest BCUT2D eigenvalue weighted by atomic mass is 9.96. The Labute approximate surface area is 124 Å². The number of hydrogen-bond donors (Lipinski definition) is 1. The highest BCUT2D eigenvalue weighted by Crippen LogP contribution is 2.36. The lowest BCUT2D eigenvalue weighted by molar-refractivity contribution is 0.414. The predicted octanol–water partition coefficient (Wildman–Crippen LogP) is 4.47. The number of benzene rings is 2. The van der Waals surface area contributed by atoms with E-state index in [-0.39, 0.29) is 0 Å². The zero-order valence-corrected chi connectivity index (χ0v) is 12.8. The lowest BCUT2D eigenvalue weighted by Gasteiger charge is -2.11. The normalized spacial score (nSPS) is 10.9. The minimum atomic E-state index is 0.862. The van der Waals surface area contributed by atoms with Crippen molar-refractivity contribution in [2.45, 2.75) is 13.8 Å². The monoisotopic (exact) mass is 281 g/mol. The molecule has 21 heavy (non-hydrogen) atoms. The second kappa shape index (κ2) is 5.17. The molecular weight excluding hydrogens is 262 g/mol. The van der Waals surface area contributed by atoms with Gasteiger partial charge >= 0.3 is 0 Å². The van der Waals surface area contributed by atoms with Crippen LogP contribution in [-0.2, 0) is 0 Å². The van der Waals surface area contributed by atoms with E-state index in [0.717, 1.165) is 22.4 Å². The molecule has 0 amide bonds. The number of aromatic nitrogens is 1. The highest BCUT2D eigenvalue weighted by atomic mass is 16.5. The van der Waals surface area contributed by atoms with E-state index in [1.54, 1.807) is 14.2 Å². The molecule has 0 spiro atoms. The van der Waals surface area contributed by atoms with Crippen LogP contribution in [0.5, 0.6) is 11.5 Å². The first kappa shape index (κ1) is 13.6. The highest BCUT2D eigenvalue weighted by molar-refractivity contribution is 5.97. The number of ether oxygens (including phenoxy) is 2. The first-order valence-corrected chi connectivity index (χ1v) is 6.94. The van der Waals surface area contributed by atoms with Crippen molar-refractivity contribution in [3.63, 3.8) is 0 Å². The molecule has 0 unspecified atom stereocenters. The van der Waals surface area contributed by atoms with E-state index in [1.165, 1.54) is 22.3 Å². The van der Waals surface area contributed by atoms with E-state index < -0.39 is 0 Å². The van der Waals surface area contributed by atoms with Gasteiger partial charge < -0.3 is 14.5 Å². The first-order valence-electron chi connectivity index (χ1n) is 6.94. The van der Waals surface area contributed by atoms with Crippen molar-refractivity contribution < 1.29 is 9.47 Å². The lowest BCUT2D eigenvalue weighted by Crippen LogP contribution is -1.91. The summed E-state index contributed by atoms with van der Waals surface area (Å²) >= 11 is 0. The Morgan fingerprint density at radius 1 is 0.857 bits per heavy atom. The molecule has 3 nitrogen and oxygen atoms in total. The van der Waals surface area contributed by atoms with Crippen molar-refractivity contribution in [3.8, 4) is 22.6 Å². The number of aromatic amines is 1. The fourth-order valence-corrected chi connectivity index (χ4v) is 2.67. The van der Waals surface area contributed by atoms with Crippen molar-refractivity contribution in [1.29, 1.82) is 0 Å². The number of methoxy groups -OCH3 is 2. The topological polar surface area (TPSA) is 34.2 Å². The zero-order valence-electron chi connectivity index (χ0n) is 12.8. The molecule has 0 radical (unpaired) electrons. The van der Waals surface area contributed by atoms with Crippen molar-refractivity contribution in [2.75, 3.05) is 14.2 Å². The molecule has 0 aliphatic carbocycles. The van der Waals surface area contributed by atoms with Gasteiger partial charge in [-0.1, -0.05) is 0 Å². The second-order valence-electron chi connectivity index (χ2n) is 5.23. The Balaban J connectivity index is 2.27. The molecule has 2 aromatic carbocycles. The van der Waals surface area contributed by atoms with Crippen molar-refractivity contribution >= 4 is 10.9 Å². The molecule has 1 N–H and O–H groups in total. The number of fused-ring (bicyclic) bond motifs is 1. The summed E-state index contributed by atoms with van der Waals surface area (Å²) in [5, 5.41) is 1.16. The fourth-order valence-electron chi connectivity index (χ4n) is 2.67. The standard InChI is InChI=1S/C18H19NO2/c1-11-7-14(21-4)9-15(12(11)2)17-10-19-18-6-5-13(20-3)8-16(17)18/h5-10,19H,1-4H3. The summed E-state index contributed by atoms with van der Waals surface area (Å²) in [6.45, 7) is 4.25. The number of aryl methyl sites for hydroxylation is 1. The first-order chi connectivity index (χ1) is 10.1. The summed E-state index contributed by atoms with van der Waals surface area (Å²) in [7, 11) is 3.39. The summed E-state index contributed by atoms with van der Waals surface area (Å²) in [5.74, 6) is 1.74. The van der Waals surface area contributed by atoms with Gasteiger partial charge in [0.05, 0.1) is 14.2 Å². The summed E-state index contributed by atoms with van der Waals surface area (Å²) in [4.78, 5) is 3.33. The average Bonchev–Trinajstić information content (AvgIpc) is 2.92. The maximum absolute atomic E-state index is 5.41. The van der Waals surface area contributed by atoms with Gasteiger partial charge in [-0.05, 0) is 60.9 Å². The minimum Gasteiger partial charge on any atom is -0.497 e. The van der Waals surface area contributed by atoms with Gasteiger partial charge in [0, 0.05) is 22.7 Å². The molecule has 3 rings (SSSR count). The van der Waals surface area contributed by atoms with E-state index >= 15 is 0 Å². The molecule has 0 saturated heterocycles. The third kappa shape index (κ3) is 2.25.